The van der Waals surface area contributed by atoms with Crippen LogP contribution < -0.4 is 5.32 Å². The van der Waals surface area contributed by atoms with Crippen LogP contribution >= 0.6 is 0 Å². The zero-order chi connectivity index (χ0) is 9.14. The standard InChI is InChI=1S/C6H11F3N2O/c7-4-3-11(1-2-12)6(9)5(8)10-4/h4-6,10,12H,1-3H2. The van der Waals surface area contributed by atoms with Gasteiger partial charge in [0.25, 0.3) is 0 Å². The van der Waals surface area contributed by atoms with E-state index in [1.807, 2.05) is 0 Å². The largest absolute Gasteiger partial charge is 0.395 e. The quantitative estimate of drug-likeness (QED) is 0.582. The zero-order valence-electron chi connectivity index (χ0n) is 6.38. The predicted octanol–water partition coefficient (Wildman–Crippen LogP) is -0.229. The van der Waals surface area contributed by atoms with E-state index in [1.54, 1.807) is 5.32 Å². The van der Waals surface area contributed by atoms with Crippen molar-refractivity contribution in [1.82, 2.24) is 10.2 Å². The smallest absolute Gasteiger partial charge is 0.198 e. The summed E-state index contributed by atoms with van der Waals surface area (Å²) < 4.78 is 37.9. The molecule has 1 rings (SSSR count). The number of nitrogens with zero attached hydrogens (tertiary/aromatic N) is 1. The van der Waals surface area contributed by atoms with Crippen molar-refractivity contribution in [3.63, 3.8) is 0 Å². The lowest BCUT2D eigenvalue weighted by atomic mass is 10.3. The number of β-amino-alcohol motifs (C(OH)–C–C–N with tert-alkyl or cyclic N) is 1. The van der Waals surface area contributed by atoms with Crippen LogP contribution in [-0.4, -0.2) is 48.6 Å². The lowest BCUT2D eigenvalue weighted by molar-refractivity contribution is -0.0740. The number of aliphatic hydroxyl groups excluding tert-OH is 1. The molecule has 3 nitrogen and oxygen atoms in total. The molecule has 0 aliphatic carbocycles. The molecule has 2 N–H and O–H groups in total. The SMILES string of the molecule is OCCN1CC(F)NC(F)C1F. The summed E-state index contributed by atoms with van der Waals surface area (Å²) >= 11 is 0. The van der Waals surface area contributed by atoms with Crippen LogP contribution in [-0.2, 0) is 0 Å². The first-order valence-electron chi connectivity index (χ1n) is 3.68. The minimum absolute atomic E-state index is 0.0519. The van der Waals surface area contributed by atoms with Crippen LogP contribution in [0.3, 0.4) is 0 Å². The van der Waals surface area contributed by atoms with Crippen molar-refractivity contribution in [2.24, 2.45) is 0 Å². The molecule has 0 aromatic heterocycles. The zero-order valence-corrected chi connectivity index (χ0v) is 6.38. The highest BCUT2D eigenvalue weighted by Crippen LogP contribution is 2.14. The Morgan fingerprint density at radius 2 is 2.08 bits per heavy atom. The van der Waals surface area contributed by atoms with Crippen molar-refractivity contribution < 1.29 is 18.3 Å². The topological polar surface area (TPSA) is 35.5 Å². The predicted molar refractivity (Wildman–Crippen MR) is 36.5 cm³/mol. The van der Waals surface area contributed by atoms with Gasteiger partial charge < -0.3 is 5.11 Å². The molecule has 1 heterocycles. The summed E-state index contributed by atoms with van der Waals surface area (Å²) in [4.78, 5) is 0.922. The van der Waals surface area contributed by atoms with Crippen LogP contribution in [0, 0.1) is 0 Å². The second-order valence-corrected chi connectivity index (χ2v) is 2.63. The highest BCUT2D eigenvalue weighted by Gasteiger charge is 2.35. The van der Waals surface area contributed by atoms with Gasteiger partial charge in [-0.15, -0.1) is 0 Å². The number of rotatable bonds is 2. The Labute approximate surface area is 68.2 Å². The van der Waals surface area contributed by atoms with Gasteiger partial charge in [-0.2, -0.15) is 0 Å². The van der Waals surface area contributed by atoms with E-state index >= 15 is 0 Å². The van der Waals surface area contributed by atoms with Gasteiger partial charge in [0.2, 0.25) is 0 Å². The van der Waals surface area contributed by atoms with Gasteiger partial charge in [-0.3, -0.25) is 10.2 Å². The van der Waals surface area contributed by atoms with Gasteiger partial charge in [-0.1, -0.05) is 0 Å². The molecule has 0 saturated carbocycles. The Bertz CT molecular complexity index is 149. The minimum atomic E-state index is -2.01. The fourth-order valence-corrected chi connectivity index (χ4v) is 1.14. The van der Waals surface area contributed by atoms with Gasteiger partial charge in [0, 0.05) is 13.1 Å². The fraction of sp³-hybridized carbons (Fsp3) is 1.00. The van der Waals surface area contributed by atoms with Gasteiger partial charge in [-0.05, 0) is 0 Å². The molecule has 6 heteroatoms. The van der Waals surface area contributed by atoms with Crippen molar-refractivity contribution in [2.45, 2.75) is 18.9 Å². The van der Waals surface area contributed by atoms with Gasteiger partial charge in [0.1, 0.15) is 0 Å². The van der Waals surface area contributed by atoms with E-state index in [1.165, 1.54) is 0 Å². The number of alkyl halides is 3. The third-order valence-corrected chi connectivity index (χ3v) is 1.71. The summed E-state index contributed by atoms with van der Waals surface area (Å²) in [5.41, 5.74) is 0. The molecule has 1 aliphatic heterocycles. The van der Waals surface area contributed by atoms with Gasteiger partial charge >= 0.3 is 0 Å². The first kappa shape index (κ1) is 9.76. The third kappa shape index (κ3) is 2.09. The summed E-state index contributed by atoms with van der Waals surface area (Å²) in [6.07, 6.45) is -5.46. The molecule has 0 bridgehead atoms. The van der Waals surface area contributed by atoms with E-state index in [9.17, 15) is 13.2 Å². The maximum absolute atomic E-state index is 12.8. The maximum Gasteiger partial charge on any atom is 0.198 e. The Kier molecular flexibility index (Phi) is 3.30. The number of halogens is 3. The van der Waals surface area contributed by atoms with Gasteiger partial charge in [0.05, 0.1) is 6.61 Å². The van der Waals surface area contributed by atoms with E-state index in [0.29, 0.717) is 0 Å². The maximum atomic E-state index is 12.8. The van der Waals surface area contributed by atoms with Crippen molar-refractivity contribution in [3.05, 3.63) is 0 Å². The minimum Gasteiger partial charge on any atom is -0.395 e. The van der Waals surface area contributed by atoms with Crippen LogP contribution in [0.4, 0.5) is 13.2 Å². The lowest BCUT2D eigenvalue weighted by Crippen LogP contribution is -2.58. The number of hydrogen-bond acceptors (Lipinski definition) is 3. The molecule has 0 radical (unpaired) electrons. The summed E-state index contributed by atoms with van der Waals surface area (Å²) in [5.74, 6) is 0. The highest BCUT2D eigenvalue weighted by atomic mass is 19.2. The van der Waals surface area contributed by atoms with Gasteiger partial charge in [-0.25, -0.2) is 13.2 Å². The molecular weight excluding hydrogens is 173 g/mol. The first-order valence-corrected chi connectivity index (χ1v) is 3.68. The number of piperazine rings is 1. The average molecular weight is 184 g/mol. The molecule has 0 spiro atoms. The summed E-state index contributed by atoms with van der Waals surface area (Å²) in [7, 11) is 0. The van der Waals surface area contributed by atoms with E-state index in [0.717, 1.165) is 4.90 Å². The number of hydrogen-bond donors (Lipinski definition) is 2. The first-order chi connectivity index (χ1) is 5.65. The molecule has 1 aliphatic rings. The molecule has 0 amide bonds. The molecular formula is C6H11F3N2O. The van der Waals surface area contributed by atoms with Crippen LogP contribution in [0.2, 0.25) is 0 Å². The average Bonchev–Trinajstić information content (AvgIpc) is 2.00. The Morgan fingerprint density at radius 1 is 1.42 bits per heavy atom. The Balaban J connectivity index is 2.47. The fourth-order valence-electron chi connectivity index (χ4n) is 1.14. The molecule has 3 atom stereocenters. The molecule has 0 aromatic carbocycles. The van der Waals surface area contributed by atoms with E-state index in [2.05, 4.69) is 0 Å². The van der Waals surface area contributed by atoms with E-state index in [-0.39, 0.29) is 19.7 Å². The Hall–Kier alpha value is -0.330. The monoisotopic (exact) mass is 184 g/mol. The molecule has 0 aromatic rings. The van der Waals surface area contributed by atoms with Gasteiger partial charge in [0.15, 0.2) is 18.9 Å². The van der Waals surface area contributed by atoms with E-state index in [4.69, 9.17) is 5.11 Å². The van der Waals surface area contributed by atoms with Crippen LogP contribution in [0.15, 0.2) is 0 Å². The summed E-state index contributed by atoms with van der Waals surface area (Å²) in [5, 5.41) is 10.2. The number of aliphatic hydroxyl groups is 1. The molecule has 1 fully saturated rings. The van der Waals surface area contributed by atoms with E-state index < -0.39 is 18.9 Å². The van der Waals surface area contributed by atoms with Crippen molar-refractivity contribution in [2.75, 3.05) is 19.7 Å². The molecule has 3 unspecified atom stereocenters. The summed E-state index contributed by atoms with van der Waals surface area (Å²) in [6, 6.07) is 0. The molecule has 1 saturated heterocycles. The molecule has 12 heavy (non-hydrogen) atoms. The molecule has 72 valence electrons. The second-order valence-electron chi connectivity index (χ2n) is 2.63. The van der Waals surface area contributed by atoms with Crippen molar-refractivity contribution >= 4 is 0 Å². The normalized spacial score (nSPS) is 38.5. The van der Waals surface area contributed by atoms with Crippen LogP contribution in [0.5, 0.6) is 0 Å². The summed E-state index contributed by atoms with van der Waals surface area (Å²) in [6.45, 7) is -0.592. The highest BCUT2D eigenvalue weighted by molar-refractivity contribution is 4.78. The van der Waals surface area contributed by atoms with Crippen molar-refractivity contribution in [3.8, 4) is 0 Å². The Morgan fingerprint density at radius 3 is 2.67 bits per heavy atom. The number of nitrogens with one attached hydrogen (secondary N) is 1. The lowest BCUT2D eigenvalue weighted by Gasteiger charge is -2.34. The third-order valence-electron chi connectivity index (χ3n) is 1.71. The van der Waals surface area contributed by atoms with Crippen LogP contribution in [0.1, 0.15) is 0 Å². The second kappa shape index (κ2) is 4.06. The van der Waals surface area contributed by atoms with Crippen LogP contribution in [0.25, 0.3) is 0 Å². The van der Waals surface area contributed by atoms with Crippen molar-refractivity contribution in [1.29, 1.82) is 0 Å².